The molecule has 0 saturated heterocycles. The maximum absolute atomic E-state index is 13.7. The molecule has 0 bridgehead atoms. The fourth-order valence-electron chi connectivity index (χ4n) is 1.60. The van der Waals surface area contributed by atoms with Crippen LogP contribution in [0.5, 0.6) is 11.5 Å². The van der Waals surface area contributed by atoms with E-state index >= 15 is 0 Å². The highest BCUT2D eigenvalue weighted by Crippen LogP contribution is 2.32. The molecule has 1 N–H and O–H groups in total. The maximum Gasteiger partial charge on any atom is 0.184 e. The normalized spacial score (nSPS) is 12.3. The molecular weight excluding hydrogens is 335 g/mol. The summed E-state index contributed by atoms with van der Waals surface area (Å²) in [5.41, 5.74) is 0.735. The molecule has 19 heavy (non-hydrogen) atoms. The molecule has 0 unspecified atom stereocenters. The maximum atomic E-state index is 13.7. The van der Waals surface area contributed by atoms with E-state index in [1.54, 1.807) is 31.2 Å². The van der Waals surface area contributed by atoms with Gasteiger partial charge in [0.25, 0.3) is 0 Å². The van der Waals surface area contributed by atoms with Gasteiger partial charge in [-0.3, -0.25) is 0 Å². The van der Waals surface area contributed by atoms with Gasteiger partial charge in [0, 0.05) is 4.47 Å². The number of aliphatic hydroxyl groups excluding tert-OH is 1. The summed E-state index contributed by atoms with van der Waals surface area (Å²) < 4.78 is 19.8. The molecule has 0 radical (unpaired) electrons. The Labute approximate surface area is 123 Å². The first kappa shape index (κ1) is 14.3. The number of hydrogen-bond acceptors (Lipinski definition) is 2. The minimum atomic E-state index is -0.597. The Kier molecular flexibility index (Phi) is 4.45. The van der Waals surface area contributed by atoms with Crippen LogP contribution in [0.3, 0.4) is 0 Å². The van der Waals surface area contributed by atoms with Crippen molar-refractivity contribution in [2.45, 2.75) is 13.0 Å². The highest BCUT2D eigenvalue weighted by atomic mass is 79.9. The zero-order chi connectivity index (χ0) is 14.0. The predicted octanol–water partition coefficient (Wildman–Crippen LogP) is 5.09. The first-order chi connectivity index (χ1) is 8.99. The van der Waals surface area contributed by atoms with Crippen LogP contribution in [-0.4, -0.2) is 5.11 Å². The van der Waals surface area contributed by atoms with Gasteiger partial charge in [-0.25, -0.2) is 4.39 Å². The quantitative estimate of drug-likeness (QED) is 0.840. The number of aliphatic hydroxyl groups is 1. The lowest BCUT2D eigenvalue weighted by Crippen LogP contribution is -1.94. The van der Waals surface area contributed by atoms with Crippen molar-refractivity contribution >= 4 is 27.5 Å². The molecule has 100 valence electrons. The number of hydrogen-bond donors (Lipinski definition) is 1. The number of ether oxygens (including phenoxy) is 1. The second kappa shape index (κ2) is 5.90. The van der Waals surface area contributed by atoms with Gasteiger partial charge in [-0.1, -0.05) is 39.7 Å². The summed E-state index contributed by atoms with van der Waals surface area (Å²) in [5.74, 6) is -0.0819. The summed E-state index contributed by atoms with van der Waals surface area (Å²) in [7, 11) is 0. The zero-order valence-corrected chi connectivity index (χ0v) is 12.4. The lowest BCUT2D eigenvalue weighted by Gasteiger charge is -2.11. The van der Waals surface area contributed by atoms with Crippen molar-refractivity contribution in [2.24, 2.45) is 0 Å². The first-order valence-corrected chi connectivity index (χ1v) is 6.75. The Morgan fingerprint density at radius 1 is 1.32 bits per heavy atom. The third-order valence-corrected chi connectivity index (χ3v) is 3.54. The molecule has 0 heterocycles. The fourth-order valence-corrected chi connectivity index (χ4v) is 2.45. The largest absolute Gasteiger partial charge is 0.454 e. The van der Waals surface area contributed by atoms with Crippen LogP contribution < -0.4 is 4.74 Å². The number of benzene rings is 2. The van der Waals surface area contributed by atoms with Crippen molar-refractivity contribution in [2.75, 3.05) is 0 Å². The van der Waals surface area contributed by atoms with E-state index in [0.29, 0.717) is 10.2 Å². The lowest BCUT2D eigenvalue weighted by molar-refractivity contribution is 0.198. The smallest absolute Gasteiger partial charge is 0.184 e. The van der Waals surface area contributed by atoms with E-state index < -0.39 is 11.9 Å². The van der Waals surface area contributed by atoms with E-state index in [0.717, 1.165) is 5.56 Å². The van der Waals surface area contributed by atoms with Gasteiger partial charge in [-0.05, 0) is 36.8 Å². The van der Waals surface area contributed by atoms with Crippen LogP contribution in [0.4, 0.5) is 4.39 Å². The molecule has 0 amide bonds. The average molecular weight is 346 g/mol. The van der Waals surface area contributed by atoms with Crippen LogP contribution in [0.1, 0.15) is 18.6 Å². The van der Waals surface area contributed by atoms with E-state index in [4.69, 9.17) is 16.3 Å². The minimum absolute atomic E-state index is 0.0113. The van der Waals surface area contributed by atoms with E-state index in [2.05, 4.69) is 15.9 Å². The van der Waals surface area contributed by atoms with Crippen LogP contribution in [0.15, 0.2) is 40.9 Å². The molecule has 2 nitrogen and oxygen atoms in total. The Hall–Kier alpha value is -1.10. The van der Waals surface area contributed by atoms with Gasteiger partial charge in [0.2, 0.25) is 0 Å². The standard InChI is InChI=1S/C14H11BrClFO2/c1-8(18)10-6-5-9(7-11(10)15)19-13-4-2-3-12(16)14(13)17/h2-8,18H,1H3/t8-/m1/s1. The monoisotopic (exact) mass is 344 g/mol. The second-order valence-corrected chi connectivity index (χ2v) is 5.27. The van der Waals surface area contributed by atoms with Crippen molar-refractivity contribution in [1.29, 1.82) is 0 Å². The van der Waals surface area contributed by atoms with Crippen LogP contribution in [-0.2, 0) is 0 Å². The molecule has 0 aromatic heterocycles. The van der Waals surface area contributed by atoms with Gasteiger partial charge in [0.05, 0.1) is 11.1 Å². The summed E-state index contributed by atoms with van der Waals surface area (Å²) >= 11 is 9.02. The second-order valence-electron chi connectivity index (χ2n) is 4.01. The van der Waals surface area contributed by atoms with Crippen LogP contribution in [0, 0.1) is 5.82 Å². The SMILES string of the molecule is C[C@@H](O)c1ccc(Oc2cccc(Cl)c2F)cc1Br. The topological polar surface area (TPSA) is 29.5 Å². The molecule has 2 aromatic carbocycles. The predicted molar refractivity (Wildman–Crippen MR) is 76.3 cm³/mol. The van der Waals surface area contributed by atoms with Gasteiger partial charge in [-0.15, -0.1) is 0 Å². The Balaban J connectivity index is 2.29. The summed E-state index contributed by atoms with van der Waals surface area (Å²) in [6, 6.07) is 9.61. The van der Waals surface area contributed by atoms with Gasteiger partial charge in [-0.2, -0.15) is 0 Å². The van der Waals surface area contributed by atoms with Crippen LogP contribution in [0.25, 0.3) is 0 Å². The molecule has 0 fully saturated rings. The van der Waals surface area contributed by atoms with Crippen molar-refractivity contribution in [3.63, 3.8) is 0 Å². The highest BCUT2D eigenvalue weighted by molar-refractivity contribution is 9.10. The van der Waals surface area contributed by atoms with Crippen LogP contribution >= 0.6 is 27.5 Å². The molecule has 0 aliphatic carbocycles. The molecule has 1 atom stereocenters. The molecule has 2 aromatic rings. The first-order valence-electron chi connectivity index (χ1n) is 5.58. The summed E-state index contributed by atoms with van der Waals surface area (Å²) in [5, 5.41) is 9.53. The van der Waals surface area contributed by atoms with E-state index in [9.17, 15) is 9.50 Å². The van der Waals surface area contributed by atoms with E-state index in [1.165, 1.54) is 12.1 Å². The number of halogens is 3. The third-order valence-electron chi connectivity index (χ3n) is 2.57. The van der Waals surface area contributed by atoms with Crippen molar-refractivity contribution in [1.82, 2.24) is 0 Å². The van der Waals surface area contributed by atoms with Gasteiger partial charge in [0.1, 0.15) is 5.75 Å². The van der Waals surface area contributed by atoms with E-state index in [-0.39, 0.29) is 10.8 Å². The van der Waals surface area contributed by atoms with Crippen molar-refractivity contribution in [3.8, 4) is 11.5 Å². The number of rotatable bonds is 3. The lowest BCUT2D eigenvalue weighted by atomic mass is 10.1. The van der Waals surface area contributed by atoms with Gasteiger partial charge < -0.3 is 9.84 Å². The molecule has 2 rings (SSSR count). The summed E-state index contributed by atoms with van der Waals surface area (Å²) in [4.78, 5) is 0. The highest BCUT2D eigenvalue weighted by Gasteiger charge is 2.11. The summed E-state index contributed by atoms with van der Waals surface area (Å²) in [6.07, 6.45) is -0.591. The Bertz CT molecular complexity index is 602. The summed E-state index contributed by atoms with van der Waals surface area (Å²) in [6.45, 7) is 1.66. The molecular formula is C14H11BrClFO2. The minimum Gasteiger partial charge on any atom is -0.454 e. The van der Waals surface area contributed by atoms with Crippen LogP contribution in [0.2, 0.25) is 5.02 Å². The van der Waals surface area contributed by atoms with E-state index in [1.807, 2.05) is 0 Å². The van der Waals surface area contributed by atoms with Gasteiger partial charge >= 0.3 is 0 Å². The van der Waals surface area contributed by atoms with Crippen molar-refractivity contribution in [3.05, 3.63) is 57.3 Å². The van der Waals surface area contributed by atoms with Gasteiger partial charge in [0.15, 0.2) is 11.6 Å². The Morgan fingerprint density at radius 3 is 2.68 bits per heavy atom. The molecule has 0 saturated carbocycles. The molecule has 0 spiro atoms. The third kappa shape index (κ3) is 3.26. The zero-order valence-electron chi connectivity index (χ0n) is 10.0. The molecule has 0 aliphatic rings. The average Bonchev–Trinajstić information content (AvgIpc) is 2.34. The van der Waals surface area contributed by atoms with Crippen molar-refractivity contribution < 1.29 is 14.2 Å². The molecule has 0 aliphatic heterocycles. The fraction of sp³-hybridized carbons (Fsp3) is 0.143. The Morgan fingerprint density at radius 2 is 2.05 bits per heavy atom. The molecule has 5 heteroatoms.